The van der Waals surface area contributed by atoms with Crippen molar-refractivity contribution in [2.75, 3.05) is 12.8 Å². The van der Waals surface area contributed by atoms with Gasteiger partial charge in [0, 0.05) is 0 Å². The van der Waals surface area contributed by atoms with Crippen molar-refractivity contribution in [2.24, 2.45) is 0 Å². The first kappa shape index (κ1) is 19.4. The second-order valence-electron chi connectivity index (χ2n) is 4.91. The van der Waals surface area contributed by atoms with Gasteiger partial charge in [-0.25, -0.2) is 8.42 Å². The lowest BCUT2D eigenvalue weighted by atomic mass is 10.2. The summed E-state index contributed by atoms with van der Waals surface area (Å²) < 4.78 is 32.0. The number of hydrogen-bond donors (Lipinski definition) is 2. The Kier molecular flexibility index (Phi) is 6.22. The minimum atomic E-state index is -4.09. The van der Waals surface area contributed by atoms with E-state index in [0.717, 1.165) is 19.2 Å². The molecule has 0 spiro atoms. The smallest absolute Gasteiger partial charge is 0.323 e. The lowest BCUT2D eigenvalue weighted by Crippen LogP contribution is -2.42. The number of nitrogens with one attached hydrogen (secondary N) is 1. The fourth-order valence-electron chi connectivity index (χ4n) is 1.94. The number of halogens is 2. The van der Waals surface area contributed by atoms with Crippen molar-refractivity contribution in [1.82, 2.24) is 19.7 Å². The second kappa shape index (κ2) is 8.00. The molecule has 1 unspecified atom stereocenters. The third-order valence-electron chi connectivity index (χ3n) is 3.23. The number of nitrogens with zero attached hydrogens (tertiary/aromatic N) is 3. The number of sulfonamides is 1. The highest BCUT2D eigenvalue weighted by Crippen LogP contribution is 2.30. The first-order chi connectivity index (χ1) is 11.7. The molecule has 0 bridgehead atoms. The average Bonchev–Trinajstić information content (AvgIpc) is 3.08. The van der Waals surface area contributed by atoms with Gasteiger partial charge >= 0.3 is 5.97 Å². The molecule has 0 radical (unpaired) electrons. The summed E-state index contributed by atoms with van der Waals surface area (Å²) in [5, 5.41) is 7.75. The Bertz CT molecular complexity index is 834. The molecule has 0 aliphatic heterocycles. The normalized spacial score (nSPS) is 12.8. The van der Waals surface area contributed by atoms with E-state index < -0.39 is 22.0 Å². The summed E-state index contributed by atoms with van der Waals surface area (Å²) in [6.07, 6.45) is 3.02. The number of benzene rings is 1. The number of ether oxygens (including phenoxy) is 1. The summed E-state index contributed by atoms with van der Waals surface area (Å²) in [6, 6.07) is 1.15. The fraction of sp³-hybridized carbons (Fsp3) is 0.308. The molecular weight excluding hydrogens is 393 g/mol. The van der Waals surface area contributed by atoms with E-state index >= 15 is 0 Å². The first-order valence-electron chi connectivity index (χ1n) is 6.93. The van der Waals surface area contributed by atoms with Crippen molar-refractivity contribution < 1.29 is 17.9 Å². The number of esters is 1. The molecule has 25 heavy (non-hydrogen) atoms. The van der Waals surface area contributed by atoms with Crippen molar-refractivity contribution in [1.29, 1.82) is 0 Å². The van der Waals surface area contributed by atoms with Crippen LogP contribution in [0.3, 0.4) is 0 Å². The summed E-state index contributed by atoms with van der Waals surface area (Å²) in [5.74, 6) is -0.747. The van der Waals surface area contributed by atoms with Crippen LogP contribution in [0.5, 0.6) is 0 Å². The Morgan fingerprint density at radius 2 is 1.88 bits per heavy atom. The van der Waals surface area contributed by atoms with E-state index in [2.05, 4.69) is 19.7 Å². The fourth-order valence-corrected chi connectivity index (χ4v) is 3.83. The number of rotatable bonds is 7. The summed E-state index contributed by atoms with van der Waals surface area (Å²) in [6.45, 7) is 0.207. The average molecular weight is 408 g/mol. The highest BCUT2D eigenvalue weighted by Gasteiger charge is 2.27. The molecule has 9 nitrogen and oxygen atoms in total. The van der Waals surface area contributed by atoms with E-state index in [-0.39, 0.29) is 33.6 Å². The molecule has 0 aliphatic carbocycles. The van der Waals surface area contributed by atoms with Gasteiger partial charge in [-0.1, -0.05) is 23.2 Å². The van der Waals surface area contributed by atoms with Crippen LogP contribution in [0.1, 0.15) is 6.42 Å². The van der Waals surface area contributed by atoms with E-state index in [1.165, 1.54) is 17.2 Å². The van der Waals surface area contributed by atoms with Gasteiger partial charge in [0.2, 0.25) is 10.0 Å². The standard InChI is InChI=1S/C13H15Cl2N5O4S/c1-24-13(21)11(2-5-20-17-3-4-18-20)19-25(22,23)8-6-9(14)12(16)10(15)7-8/h3-4,6-7,11,19H,2,5,16H2,1H3. The van der Waals surface area contributed by atoms with Gasteiger partial charge < -0.3 is 10.5 Å². The maximum absolute atomic E-state index is 12.5. The quantitative estimate of drug-likeness (QED) is 0.518. The molecule has 1 aromatic heterocycles. The van der Waals surface area contributed by atoms with Gasteiger partial charge in [-0.2, -0.15) is 19.7 Å². The number of carbonyl (C=O) groups excluding carboxylic acids is 1. The predicted octanol–water partition coefficient (Wildman–Crippen LogP) is 1.08. The zero-order valence-electron chi connectivity index (χ0n) is 13.0. The predicted molar refractivity (Wildman–Crippen MR) is 91.6 cm³/mol. The molecule has 0 saturated carbocycles. The van der Waals surface area contributed by atoms with Crippen LogP contribution in [-0.2, 0) is 26.1 Å². The van der Waals surface area contributed by atoms with Gasteiger partial charge in [-0.05, 0) is 18.6 Å². The van der Waals surface area contributed by atoms with Gasteiger partial charge in [-0.3, -0.25) is 4.79 Å². The highest BCUT2D eigenvalue weighted by molar-refractivity contribution is 7.89. The number of aryl methyl sites for hydroxylation is 1. The van der Waals surface area contributed by atoms with Gasteiger partial charge in [0.25, 0.3) is 0 Å². The molecule has 136 valence electrons. The molecule has 3 N–H and O–H groups in total. The molecule has 2 aromatic rings. The molecule has 0 saturated heterocycles. The maximum atomic E-state index is 12.5. The van der Waals surface area contributed by atoms with Crippen LogP contribution in [-0.4, -0.2) is 42.5 Å². The van der Waals surface area contributed by atoms with Crippen LogP contribution in [0.2, 0.25) is 10.0 Å². The third-order valence-corrected chi connectivity index (χ3v) is 5.31. The number of methoxy groups -OCH3 is 1. The number of nitrogens with two attached hydrogens (primary N) is 1. The summed E-state index contributed by atoms with van der Waals surface area (Å²) in [5.41, 5.74) is 5.66. The highest BCUT2D eigenvalue weighted by atomic mass is 35.5. The maximum Gasteiger partial charge on any atom is 0.323 e. The van der Waals surface area contributed by atoms with Gasteiger partial charge in [-0.15, -0.1) is 0 Å². The zero-order chi connectivity index (χ0) is 18.6. The van der Waals surface area contributed by atoms with Crippen LogP contribution < -0.4 is 10.5 Å². The van der Waals surface area contributed by atoms with Gasteiger partial charge in [0.1, 0.15) is 6.04 Å². The lowest BCUT2D eigenvalue weighted by molar-refractivity contribution is -0.142. The molecular formula is C13H15Cl2N5O4S. The molecule has 0 aliphatic rings. The van der Waals surface area contributed by atoms with Crippen molar-refractivity contribution in [3.8, 4) is 0 Å². The molecule has 1 aromatic carbocycles. The summed E-state index contributed by atoms with van der Waals surface area (Å²) in [4.78, 5) is 13.0. The molecule has 2 rings (SSSR count). The van der Waals surface area contributed by atoms with E-state index in [1.807, 2.05) is 0 Å². The molecule has 0 fully saturated rings. The Balaban J connectivity index is 2.22. The molecule has 0 amide bonds. The Morgan fingerprint density at radius 3 is 2.40 bits per heavy atom. The Morgan fingerprint density at radius 1 is 1.32 bits per heavy atom. The van der Waals surface area contributed by atoms with E-state index in [1.54, 1.807) is 0 Å². The number of hydrogen-bond acceptors (Lipinski definition) is 7. The van der Waals surface area contributed by atoms with Crippen molar-refractivity contribution in [3.63, 3.8) is 0 Å². The van der Waals surface area contributed by atoms with Gasteiger partial charge in [0.05, 0.1) is 46.7 Å². The van der Waals surface area contributed by atoms with Crippen molar-refractivity contribution in [2.45, 2.75) is 23.9 Å². The SMILES string of the molecule is COC(=O)C(CCn1nccn1)NS(=O)(=O)c1cc(Cl)c(N)c(Cl)c1. The molecule has 1 heterocycles. The van der Waals surface area contributed by atoms with E-state index in [4.69, 9.17) is 28.9 Å². The number of nitrogen functional groups attached to an aromatic ring is 1. The minimum Gasteiger partial charge on any atom is -0.468 e. The van der Waals surface area contributed by atoms with Crippen LogP contribution >= 0.6 is 23.2 Å². The Hall–Kier alpha value is -1.88. The first-order valence-corrected chi connectivity index (χ1v) is 9.17. The van der Waals surface area contributed by atoms with Gasteiger partial charge in [0.15, 0.2) is 0 Å². The van der Waals surface area contributed by atoms with Crippen LogP contribution in [0.15, 0.2) is 29.4 Å². The summed E-state index contributed by atoms with van der Waals surface area (Å²) >= 11 is 11.7. The van der Waals surface area contributed by atoms with Crippen LogP contribution in [0.4, 0.5) is 5.69 Å². The third kappa shape index (κ3) is 4.82. The molecule has 1 atom stereocenters. The van der Waals surface area contributed by atoms with E-state index in [0.29, 0.717) is 0 Å². The monoisotopic (exact) mass is 407 g/mol. The minimum absolute atomic E-state index is 0.0109. The second-order valence-corrected chi connectivity index (χ2v) is 7.44. The van der Waals surface area contributed by atoms with Crippen molar-refractivity contribution in [3.05, 3.63) is 34.6 Å². The lowest BCUT2D eigenvalue weighted by Gasteiger charge is -2.17. The summed E-state index contributed by atoms with van der Waals surface area (Å²) in [7, 11) is -2.93. The van der Waals surface area contributed by atoms with E-state index in [9.17, 15) is 13.2 Å². The zero-order valence-corrected chi connectivity index (χ0v) is 15.3. The molecule has 12 heteroatoms. The number of carbonyl (C=O) groups is 1. The topological polar surface area (TPSA) is 129 Å². The number of anilines is 1. The number of aromatic nitrogens is 3. The van der Waals surface area contributed by atoms with Crippen LogP contribution in [0, 0.1) is 0 Å². The van der Waals surface area contributed by atoms with Crippen molar-refractivity contribution >= 4 is 44.9 Å². The Labute approximate surface area is 154 Å². The largest absolute Gasteiger partial charge is 0.468 e. The van der Waals surface area contributed by atoms with Crippen LogP contribution in [0.25, 0.3) is 0 Å².